The van der Waals surface area contributed by atoms with E-state index >= 15 is 0 Å². The van der Waals surface area contributed by atoms with Crippen LogP contribution in [0.25, 0.3) is 11.5 Å². The van der Waals surface area contributed by atoms with E-state index in [1.54, 1.807) is 36.4 Å². The number of halogens is 2. The summed E-state index contributed by atoms with van der Waals surface area (Å²) in [7, 11) is 0. The van der Waals surface area contributed by atoms with Gasteiger partial charge >= 0.3 is 6.01 Å². The molecule has 9 heteroatoms. The van der Waals surface area contributed by atoms with Crippen LogP contribution in [0.4, 0.5) is 10.4 Å². The maximum absolute atomic E-state index is 12.9. The minimum Gasteiger partial charge on any atom is -0.489 e. The van der Waals surface area contributed by atoms with Gasteiger partial charge in [0.25, 0.3) is 0 Å². The first-order valence-corrected chi connectivity index (χ1v) is 10.5. The van der Waals surface area contributed by atoms with Gasteiger partial charge in [-0.1, -0.05) is 41.0 Å². The van der Waals surface area contributed by atoms with Crippen LogP contribution in [0.2, 0.25) is 5.02 Å². The third-order valence-corrected chi connectivity index (χ3v) is 4.87. The summed E-state index contributed by atoms with van der Waals surface area (Å²) in [6, 6.07) is 20.7. The maximum atomic E-state index is 12.9. The molecule has 0 aliphatic carbocycles. The van der Waals surface area contributed by atoms with Gasteiger partial charge in [0.1, 0.15) is 18.2 Å². The second-order valence-electron chi connectivity index (χ2n) is 7.13. The van der Waals surface area contributed by atoms with E-state index in [0.29, 0.717) is 29.5 Å². The molecule has 3 aromatic carbocycles. The fourth-order valence-electron chi connectivity index (χ4n) is 2.92. The van der Waals surface area contributed by atoms with Gasteiger partial charge in [0, 0.05) is 17.1 Å². The Labute approximate surface area is 194 Å². The van der Waals surface area contributed by atoms with Crippen molar-refractivity contribution in [1.29, 1.82) is 0 Å². The number of anilines is 1. The van der Waals surface area contributed by atoms with E-state index in [2.05, 4.69) is 20.8 Å². The van der Waals surface area contributed by atoms with E-state index in [0.717, 1.165) is 11.1 Å². The molecular weight excluding hydrogens is 447 g/mol. The molecule has 4 aromatic rings. The molecule has 7 nitrogen and oxygen atoms in total. The SMILES string of the molecule is O=C(CNCc1ccc(F)cc1)Nc1nnc(-c2ccc(OCc3ccc(Cl)cc3)cc2)o1. The molecule has 2 N–H and O–H groups in total. The molecule has 0 unspecified atom stereocenters. The quantitative estimate of drug-likeness (QED) is 0.367. The Morgan fingerprint density at radius 3 is 2.36 bits per heavy atom. The Bertz CT molecular complexity index is 1200. The summed E-state index contributed by atoms with van der Waals surface area (Å²) >= 11 is 5.89. The van der Waals surface area contributed by atoms with Crippen LogP contribution in [0, 0.1) is 5.82 Å². The molecule has 0 aliphatic rings. The van der Waals surface area contributed by atoms with Crippen molar-refractivity contribution in [2.24, 2.45) is 0 Å². The number of ether oxygens (including phenoxy) is 1. The fraction of sp³-hybridized carbons (Fsp3) is 0.125. The van der Waals surface area contributed by atoms with Gasteiger partial charge in [0.15, 0.2) is 0 Å². The smallest absolute Gasteiger partial charge is 0.322 e. The number of rotatable bonds is 9. The average molecular weight is 467 g/mol. The van der Waals surface area contributed by atoms with Crippen molar-refractivity contribution in [2.45, 2.75) is 13.2 Å². The van der Waals surface area contributed by atoms with Crippen LogP contribution in [0.5, 0.6) is 5.75 Å². The van der Waals surface area contributed by atoms with E-state index < -0.39 is 0 Å². The normalized spacial score (nSPS) is 10.7. The van der Waals surface area contributed by atoms with Gasteiger partial charge in [0.2, 0.25) is 11.8 Å². The van der Waals surface area contributed by atoms with Crippen molar-refractivity contribution in [2.75, 3.05) is 11.9 Å². The van der Waals surface area contributed by atoms with Gasteiger partial charge in [-0.15, -0.1) is 5.10 Å². The van der Waals surface area contributed by atoms with Gasteiger partial charge in [-0.25, -0.2) is 4.39 Å². The molecule has 0 aliphatic heterocycles. The number of carbonyl (C=O) groups excluding carboxylic acids is 1. The summed E-state index contributed by atoms with van der Waals surface area (Å²) in [4.78, 5) is 12.1. The molecule has 0 spiro atoms. The first-order chi connectivity index (χ1) is 16.0. The highest BCUT2D eigenvalue weighted by atomic mass is 35.5. The van der Waals surface area contributed by atoms with E-state index in [-0.39, 0.29) is 30.2 Å². The van der Waals surface area contributed by atoms with Crippen molar-refractivity contribution in [3.8, 4) is 17.2 Å². The molecule has 0 atom stereocenters. The molecule has 168 valence electrons. The highest BCUT2D eigenvalue weighted by Crippen LogP contribution is 2.23. The summed E-state index contributed by atoms with van der Waals surface area (Å²) < 4.78 is 24.2. The zero-order chi connectivity index (χ0) is 23.0. The lowest BCUT2D eigenvalue weighted by Gasteiger charge is -2.06. The zero-order valence-corrected chi connectivity index (χ0v) is 18.2. The summed E-state index contributed by atoms with van der Waals surface area (Å²) in [5.41, 5.74) is 2.56. The average Bonchev–Trinajstić information content (AvgIpc) is 3.29. The van der Waals surface area contributed by atoms with Gasteiger partial charge in [-0.05, 0) is 59.7 Å². The van der Waals surface area contributed by atoms with Gasteiger partial charge in [-0.2, -0.15) is 0 Å². The molecule has 33 heavy (non-hydrogen) atoms. The van der Waals surface area contributed by atoms with Gasteiger partial charge in [0.05, 0.1) is 6.54 Å². The monoisotopic (exact) mass is 466 g/mol. The lowest BCUT2D eigenvalue weighted by molar-refractivity contribution is -0.115. The molecule has 4 rings (SSSR count). The summed E-state index contributed by atoms with van der Waals surface area (Å²) in [6.45, 7) is 0.881. The van der Waals surface area contributed by atoms with Crippen LogP contribution in [-0.2, 0) is 17.9 Å². The third kappa shape index (κ3) is 6.61. The zero-order valence-electron chi connectivity index (χ0n) is 17.4. The second-order valence-corrected chi connectivity index (χ2v) is 7.57. The first-order valence-electron chi connectivity index (χ1n) is 10.1. The van der Waals surface area contributed by atoms with Crippen molar-refractivity contribution < 1.29 is 18.3 Å². The van der Waals surface area contributed by atoms with Crippen molar-refractivity contribution in [3.05, 3.63) is 94.8 Å². The van der Waals surface area contributed by atoms with Gasteiger partial charge in [-0.3, -0.25) is 10.1 Å². The first kappa shape index (κ1) is 22.4. The second kappa shape index (κ2) is 10.7. The van der Waals surface area contributed by atoms with Crippen LogP contribution in [0.1, 0.15) is 11.1 Å². The summed E-state index contributed by atoms with van der Waals surface area (Å²) in [6.07, 6.45) is 0. The van der Waals surface area contributed by atoms with Crippen LogP contribution >= 0.6 is 11.6 Å². The Balaban J connectivity index is 1.25. The number of carbonyl (C=O) groups is 1. The van der Waals surface area contributed by atoms with E-state index in [9.17, 15) is 9.18 Å². The minimum atomic E-state index is -0.335. The van der Waals surface area contributed by atoms with E-state index in [4.69, 9.17) is 20.8 Å². The molecule has 1 heterocycles. The molecule has 0 radical (unpaired) electrons. The number of benzene rings is 3. The standard InChI is InChI=1S/C24H20ClFN4O3/c25-19-7-1-17(2-8-19)15-32-21-11-5-18(6-12-21)23-29-30-24(33-23)28-22(31)14-27-13-16-3-9-20(26)10-4-16/h1-12,27H,13-15H2,(H,28,30,31). The molecule has 0 fully saturated rings. The number of nitrogens with zero attached hydrogens (tertiary/aromatic N) is 2. The predicted molar refractivity (Wildman–Crippen MR) is 122 cm³/mol. The maximum Gasteiger partial charge on any atom is 0.322 e. The lowest BCUT2D eigenvalue weighted by Crippen LogP contribution is -2.27. The molecule has 1 amide bonds. The topological polar surface area (TPSA) is 89.3 Å². The number of aromatic nitrogens is 2. The lowest BCUT2D eigenvalue weighted by atomic mass is 10.2. The third-order valence-electron chi connectivity index (χ3n) is 4.62. The molecular formula is C24H20ClFN4O3. The highest BCUT2D eigenvalue weighted by molar-refractivity contribution is 6.30. The van der Waals surface area contributed by atoms with Crippen molar-refractivity contribution in [3.63, 3.8) is 0 Å². The number of hydrogen-bond acceptors (Lipinski definition) is 6. The summed E-state index contributed by atoms with van der Waals surface area (Å²) in [5.74, 6) is 0.324. The Morgan fingerprint density at radius 1 is 0.939 bits per heavy atom. The predicted octanol–water partition coefficient (Wildman–Crippen LogP) is 4.84. The number of hydrogen-bond donors (Lipinski definition) is 2. The summed E-state index contributed by atoms with van der Waals surface area (Å²) in [5, 5.41) is 14.0. The van der Waals surface area contributed by atoms with Crippen molar-refractivity contribution >= 4 is 23.5 Å². The Hall–Kier alpha value is -3.75. The van der Waals surface area contributed by atoms with E-state index in [1.807, 2.05) is 24.3 Å². The van der Waals surface area contributed by atoms with Crippen molar-refractivity contribution in [1.82, 2.24) is 15.5 Å². The number of amides is 1. The Kier molecular flexibility index (Phi) is 7.29. The molecule has 1 aromatic heterocycles. The molecule has 0 saturated heterocycles. The van der Waals surface area contributed by atoms with Crippen LogP contribution in [-0.4, -0.2) is 22.6 Å². The number of nitrogens with one attached hydrogen (secondary N) is 2. The fourth-order valence-corrected chi connectivity index (χ4v) is 3.04. The van der Waals surface area contributed by atoms with Crippen LogP contribution in [0.3, 0.4) is 0 Å². The highest BCUT2D eigenvalue weighted by Gasteiger charge is 2.11. The molecule has 0 bridgehead atoms. The van der Waals surface area contributed by atoms with Crippen LogP contribution in [0.15, 0.2) is 77.2 Å². The van der Waals surface area contributed by atoms with E-state index in [1.165, 1.54) is 12.1 Å². The molecule has 0 saturated carbocycles. The minimum absolute atomic E-state index is 0.00153. The largest absolute Gasteiger partial charge is 0.489 e. The van der Waals surface area contributed by atoms with Gasteiger partial charge < -0.3 is 14.5 Å². The Morgan fingerprint density at radius 2 is 1.64 bits per heavy atom. The van der Waals surface area contributed by atoms with Crippen LogP contribution < -0.4 is 15.4 Å².